The molecule has 2 aliphatic rings. The quantitative estimate of drug-likeness (QED) is 0.513. The van der Waals surface area contributed by atoms with Gasteiger partial charge in [0.1, 0.15) is 0 Å². The first kappa shape index (κ1) is 21.1. The van der Waals surface area contributed by atoms with Crippen molar-refractivity contribution in [3.63, 3.8) is 0 Å². The van der Waals surface area contributed by atoms with Gasteiger partial charge in [0, 0.05) is 31.5 Å². The van der Waals surface area contributed by atoms with Gasteiger partial charge in [-0.2, -0.15) is 0 Å². The minimum atomic E-state index is 0. The molecule has 1 saturated carbocycles. The van der Waals surface area contributed by atoms with E-state index in [1.807, 2.05) is 0 Å². The Kier molecular flexibility index (Phi) is 12.2. The van der Waals surface area contributed by atoms with Gasteiger partial charge in [-0.1, -0.05) is 25.7 Å². The highest BCUT2D eigenvalue weighted by atomic mass is 35.5. The molecule has 1 unspecified atom stereocenters. The molecule has 1 saturated heterocycles. The van der Waals surface area contributed by atoms with E-state index in [2.05, 4.69) is 10.6 Å². The third kappa shape index (κ3) is 9.80. The van der Waals surface area contributed by atoms with E-state index in [0.29, 0.717) is 17.9 Å². The second kappa shape index (κ2) is 13.3. The Morgan fingerprint density at radius 3 is 2.43 bits per heavy atom. The number of rotatable bonds is 8. The summed E-state index contributed by atoms with van der Waals surface area (Å²) in [4.78, 5) is 11.8. The molecule has 23 heavy (non-hydrogen) atoms. The first-order chi connectivity index (χ1) is 10.8. The van der Waals surface area contributed by atoms with Gasteiger partial charge in [0.25, 0.3) is 0 Å². The number of carbonyl (C=O) groups is 1. The number of thioether (sulfide) groups is 1. The molecule has 0 spiro atoms. The van der Waals surface area contributed by atoms with Crippen LogP contribution >= 0.6 is 24.2 Å². The van der Waals surface area contributed by atoms with Crippen LogP contribution in [0, 0.1) is 0 Å². The lowest BCUT2D eigenvalue weighted by atomic mass is 10.1. The lowest BCUT2D eigenvalue weighted by Gasteiger charge is -2.21. The third-order valence-corrected chi connectivity index (χ3v) is 5.62. The van der Waals surface area contributed by atoms with Crippen LogP contribution in [0.3, 0.4) is 0 Å². The third-order valence-electron chi connectivity index (χ3n) is 4.55. The Morgan fingerprint density at radius 2 is 1.74 bits per heavy atom. The van der Waals surface area contributed by atoms with Crippen molar-refractivity contribution in [2.24, 2.45) is 0 Å². The molecular weight excluding hydrogens is 332 g/mol. The van der Waals surface area contributed by atoms with Crippen molar-refractivity contribution in [1.82, 2.24) is 10.6 Å². The fraction of sp³-hybridized carbons (Fsp3) is 0.941. The minimum Gasteiger partial charge on any atom is -0.377 e. The van der Waals surface area contributed by atoms with Gasteiger partial charge >= 0.3 is 0 Å². The molecule has 1 aliphatic carbocycles. The monoisotopic (exact) mass is 364 g/mol. The number of ether oxygens (including phenoxy) is 1. The summed E-state index contributed by atoms with van der Waals surface area (Å²) in [5.41, 5.74) is 0. The highest BCUT2D eigenvalue weighted by molar-refractivity contribution is 7.99. The molecule has 0 aromatic carbocycles. The Morgan fingerprint density at radius 1 is 1.00 bits per heavy atom. The molecule has 1 atom stereocenters. The van der Waals surface area contributed by atoms with Crippen molar-refractivity contribution in [3.8, 4) is 0 Å². The summed E-state index contributed by atoms with van der Waals surface area (Å²) in [7, 11) is 0. The zero-order valence-corrected chi connectivity index (χ0v) is 15.8. The predicted molar refractivity (Wildman–Crippen MR) is 101 cm³/mol. The molecule has 0 radical (unpaired) electrons. The van der Waals surface area contributed by atoms with Crippen LogP contribution in [-0.2, 0) is 9.53 Å². The van der Waals surface area contributed by atoms with E-state index < -0.39 is 0 Å². The molecule has 0 bridgehead atoms. The fourth-order valence-corrected chi connectivity index (χ4v) is 4.17. The van der Waals surface area contributed by atoms with Crippen LogP contribution in [0.25, 0.3) is 0 Å². The van der Waals surface area contributed by atoms with E-state index in [4.69, 9.17) is 4.74 Å². The Bertz CT molecular complexity index is 307. The summed E-state index contributed by atoms with van der Waals surface area (Å²) < 4.78 is 5.67. The summed E-state index contributed by atoms with van der Waals surface area (Å²) in [6, 6.07) is 0.664. The number of amides is 1. The molecule has 1 aliphatic heterocycles. The maximum Gasteiger partial charge on any atom is 0.230 e. The average Bonchev–Trinajstić information content (AvgIpc) is 2.81. The van der Waals surface area contributed by atoms with E-state index >= 15 is 0 Å². The van der Waals surface area contributed by atoms with E-state index in [1.165, 1.54) is 51.4 Å². The van der Waals surface area contributed by atoms with Gasteiger partial charge in [0.05, 0.1) is 11.9 Å². The Hall–Kier alpha value is 0.0300. The van der Waals surface area contributed by atoms with Crippen molar-refractivity contribution < 1.29 is 9.53 Å². The Balaban J connectivity index is 0.00000264. The van der Waals surface area contributed by atoms with Gasteiger partial charge < -0.3 is 15.4 Å². The summed E-state index contributed by atoms with van der Waals surface area (Å²) in [6.45, 7) is 2.53. The van der Waals surface area contributed by atoms with Crippen LogP contribution in [0.1, 0.15) is 57.8 Å². The highest BCUT2D eigenvalue weighted by Gasteiger charge is 2.14. The fourth-order valence-electron chi connectivity index (χ4n) is 3.23. The second-order valence-corrected chi connectivity index (χ2v) is 7.53. The summed E-state index contributed by atoms with van der Waals surface area (Å²) in [6.07, 6.45) is 12.0. The van der Waals surface area contributed by atoms with Gasteiger partial charge in [-0.15, -0.1) is 24.2 Å². The van der Waals surface area contributed by atoms with Crippen molar-refractivity contribution >= 4 is 30.1 Å². The van der Waals surface area contributed by atoms with Crippen LogP contribution in [-0.4, -0.2) is 49.3 Å². The van der Waals surface area contributed by atoms with Gasteiger partial charge in [-0.25, -0.2) is 0 Å². The largest absolute Gasteiger partial charge is 0.377 e. The lowest BCUT2D eigenvalue weighted by Crippen LogP contribution is -2.37. The smallest absolute Gasteiger partial charge is 0.230 e. The average molecular weight is 365 g/mol. The maximum atomic E-state index is 11.8. The molecule has 0 aromatic heterocycles. The summed E-state index contributed by atoms with van der Waals surface area (Å²) >= 11 is 1.70. The standard InChI is InChI=1S/C17H32N2O2S.ClH/c20-17(14-22-13-16-9-5-6-12-21-16)19-11-10-18-15-7-3-1-2-4-8-15;/h15-16,18H,1-14H2,(H,19,20);1H. The SMILES string of the molecule is Cl.O=C(CSCC1CCCCO1)NCCNC1CCCCCC1. The molecule has 0 aromatic rings. The number of carbonyl (C=O) groups excluding carboxylic acids is 1. The van der Waals surface area contributed by atoms with E-state index in [1.54, 1.807) is 11.8 Å². The zero-order chi connectivity index (χ0) is 15.5. The second-order valence-electron chi connectivity index (χ2n) is 6.50. The maximum absolute atomic E-state index is 11.8. The van der Waals surface area contributed by atoms with Crippen LogP contribution in [0.2, 0.25) is 0 Å². The van der Waals surface area contributed by atoms with Crippen molar-refractivity contribution in [2.75, 3.05) is 31.2 Å². The van der Waals surface area contributed by atoms with Gasteiger partial charge in [0.2, 0.25) is 5.91 Å². The molecule has 136 valence electrons. The lowest BCUT2D eigenvalue weighted by molar-refractivity contribution is -0.118. The highest BCUT2D eigenvalue weighted by Crippen LogP contribution is 2.17. The molecule has 2 fully saturated rings. The van der Waals surface area contributed by atoms with Crippen LogP contribution in [0.5, 0.6) is 0 Å². The van der Waals surface area contributed by atoms with Gasteiger partial charge in [-0.05, 0) is 32.1 Å². The van der Waals surface area contributed by atoms with Gasteiger partial charge in [-0.3, -0.25) is 4.79 Å². The van der Waals surface area contributed by atoms with Crippen molar-refractivity contribution in [2.45, 2.75) is 69.9 Å². The molecule has 4 nitrogen and oxygen atoms in total. The van der Waals surface area contributed by atoms with Crippen LogP contribution in [0.15, 0.2) is 0 Å². The number of hydrogen-bond donors (Lipinski definition) is 2. The van der Waals surface area contributed by atoms with Crippen molar-refractivity contribution in [3.05, 3.63) is 0 Å². The zero-order valence-electron chi connectivity index (χ0n) is 14.2. The van der Waals surface area contributed by atoms with E-state index in [-0.39, 0.29) is 18.3 Å². The van der Waals surface area contributed by atoms with Crippen LogP contribution < -0.4 is 10.6 Å². The molecular formula is C17H33ClN2O2S. The van der Waals surface area contributed by atoms with Gasteiger partial charge in [0.15, 0.2) is 0 Å². The molecule has 1 heterocycles. The summed E-state index contributed by atoms with van der Waals surface area (Å²) in [5, 5.41) is 6.60. The number of nitrogens with one attached hydrogen (secondary N) is 2. The first-order valence-corrected chi connectivity index (χ1v) is 10.2. The Labute approximate surface area is 151 Å². The predicted octanol–water partition coefficient (Wildman–Crippen LogP) is 3.14. The van der Waals surface area contributed by atoms with E-state index in [0.717, 1.165) is 31.9 Å². The molecule has 2 N–H and O–H groups in total. The summed E-state index contributed by atoms with van der Waals surface area (Å²) in [5.74, 6) is 1.67. The number of hydrogen-bond acceptors (Lipinski definition) is 4. The molecule has 6 heteroatoms. The molecule has 1 amide bonds. The van der Waals surface area contributed by atoms with Crippen LogP contribution in [0.4, 0.5) is 0 Å². The first-order valence-electron chi connectivity index (χ1n) is 9.04. The van der Waals surface area contributed by atoms with Crippen molar-refractivity contribution in [1.29, 1.82) is 0 Å². The normalized spacial score (nSPS) is 22.9. The number of halogens is 1. The van der Waals surface area contributed by atoms with E-state index in [9.17, 15) is 4.79 Å². The molecule has 2 rings (SSSR count). The topological polar surface area (TPSA) is 50.4 Å². The minimum absolute atomic E-state index is 0.